The molecule has 4 rings (SSSR count). The smallest absolute Gasteiger partial charge is 0.223 e. The van der Waals surface area contributed by atoms with Gasteiger partial charge in [-0.15, -0.1) is 0 Å². The summed E-state index contributed by atoms with van der Waals surface area (Å²) in [6, 6.07) is -0.0773. The highest BCUT2D eigenvalue weighted by Crippen LogP contribution is 2.35. The number of piperidine rings is 1. The van der Waals surface area contributed by atoms with E-state index in [1.54, 1.807) is 0 Å². The molecule has 3 aliphatic heterocycles. The summed E-state index contributed by atoms with van der Waals surface area (Å²) in [7, 11) is 2.14. The Bertz CT molecular complexity index is 540. The minimum atomic E-state index is -0.156. The van der Waals surface area contributed by atoms with Gasteiger partial charge in [0.05, 0.1) is 24.2 Å². The molecule has 29 heavy (non-hydrogen) atoms. The first kappa shape index (κ1) is 22.6. The van der Waals surface area contributed by atoms with Gasteiger partial charge in [0.15, 0.2) is 0 Å². The number of nitrogens with zero attached hydrogens (tertiary/aromatic N) is 2. The molecule has 1 amide bonds. The topological polar surface area (TPSA) is 99.9 Å². The number of primary amides is 1. The number of carbonyl (C=O) groups is 2. The lowest BCUT2D eigenvalue weighted by Crippen LogP contribution is -2.60. The quantitative estimate of drug-likeness (QED) is 0.578. The molecule has 0 aromatic carbocycles. The van der Waals surface area contributed by atoms with Crippen molar-refractivity contribution >= 4 is 12.2 Å². The van der Waals surface area contributed by atoms with Gasteiger partial charge >= 0.3 is 0 Å². The Morgan fingerprint density at radius 1 is 1.14 bits per heavy atom. The molecule has 8 nitrogen and oxygen atoms in total. The van der Waals surface area contributed by atoms with Crippen molar-refractivity contribution in [2.24, 2.45) is 23.5 Å². The Kier molecular flexibility index (Phi) is 8.44. The standard InChI is InChI=1S/C11H22N4O.C10H17NO2/c1-14-5-7-15(8-6-14)11-9(10(12)16)3-2-4-13-11;1-7-3-2-4-8-5-9(6-12)11-13-10(7)8/h9,11,13H,2-8H2,1H3,(H2,12,16);6-11H,2-5H2,1H3. The summed E-state index contributed by atoms with van der Waals surface area (Å²) in [5, 5.41) is 3.44. The van der Waals surface area contributed by atoms with Crippen molar-refractivity contribution in [1.29, 1.82) is 0 Å². The van der Waals surface area contributed by atoms with Gasteiger partial charge in [-0.25, -0.2) is 0 Å². The third kappa shape index (κ3) is 5.98. The molecule has 4 fully saturated rings. The van der Waals surface area contributed by atoms with Gasteiger partial charge in [0.25, 0.3) is 0 Å². The minimum Gasteiger partial charge on any atom is -0.369 e. The first-order valence-corrected chi connectivity index (χ1v) is 11.3. The Morgan fingerprint density at radius 2 is 1.90 bits per heavy atom. The van der Waals surface area contributed by atoms with Crippen LogP contribution in [0.1, 0.15) is 45.4 Å². The zero-order chi connectivity index (χ0) is 20.8. The van der Waals surface area contributed by atoms with Crippen LogP contribution >= 0.6 is 0 Å². The third-order valence-electron chi connectivity index (χ3n) is 7.06. The van der Waals surface area contributed by atoms with Crippen LogP contribution in [0.25, 0.3) is 0 Å². The number of nitrogens with two attached hydrogens (primary N) is 1. The van der Waals surface area contributed by atoms with E-state index in [2.05, 4.69) is 34.6 Å². The lowest BCUT2D eigenvalue weighted by molar-refractivity contribution is -0.152. The number of hydrogen-bond donors (Lipinski definition) is 3. The summed E-state index contributed by atoms with van der Waals surface area (Å²) < 4.78 is 0. The summed E-state index contributed by atoms with van der Waals surface area (Å²) in [5.41, 5.74) is 8.31. The number of piperazine rings is 1. The number of nitrogens with one attached hydrogen (secondary N) is 2. The maximum atomic E-state index is 11.4. The third-order valence-corrected chi connectivity index (χ3v) is 7.06. The minimum absolute atomic E-state index is 0.0165. The van der Waals surface area contributed by atoms with Crippen LogP contribution in [0.15, 0.2) is 0 Å². The van der Waals surface area contributed by atoms with Crippen molar-refractivity contribution in [2.75, 3.05) is 39.8 Å². The number of hydrogen-bond acceptors (Lipinski definition) is 7. The zero-order valence-corrected chi connectivity index (χ0v) is 18.0. The molecular weight excluding hydrogens is 370 g/mol. The predicted molar refractivity (Wildman–Crippen MR) is 112 cm³/mol. The molecule has 6 atom stereocenters. The Hall–Kier alpha value is -1.06. The Morgan fingerprint density at radius 3 is 2.59 bits per heavy atom. The molecule has 4 aliphatic rings. The van der Waals surface area contributed by atoms with E-state index < -0.39 is 0 Å². The first-order valence-electron chi connectivity index (χ1n) is 11.3. The van der Waals surface area contributed by atoms with Crippen LogP contribution < -0.4 is 16.5 Å². The van der Waals surface area contributed by atoms with Gasteiger partial charge in [-0.2, -0.15) is 5.48 Å². The van der Waals surface area contributed by atoms with Crippen LogP contribution in [0.2, 0.25) is 0 Å². The molecule has 0 radical (unpaired) electrons. The fourth-order valence-corrected chi connectivity index (χ4v) is 5.24. The van der Waals surface area contributed by atoms with Crippen molar-refractivity contribution in [1.82, 2.24) is 20.6 Å². The van der Waals surface area contributed by atoms with Gasteiger partial charge in [0.1, 0.15) is 6.29 Å². The van der Waals surface area contributed by atoms with Crippen LogP contribution in [-0.4, -0.2) is 80.1 Å². The number of fused-ring (bicyclic) bond motifs is 1. The molecule has 8 heteroatoms. The van der Waals surface area contributed by atoms with Crippen LogP contribution in [0, 0.1) is 17.8 Å². The molecule has 0 spiro atoms. The molecule has 0 bridgehead atoms. The summed E-state index contributed by atoms with van der Waals surface area (Å²) in [5.74, 6) is 1.06. The van der Waals surface area contributed by atoms with Gasteiger partial charge in [0.2, 0.25) is 5.91 Å². The van der Waals surface area contributed by atoms with E-state index in [9.17, 15) is 9.59 Å². The second kappa shape index (κ2) is 10.8. The molecular formula is C21H39N5O3. The van der Waals surface area contributed by atoms with Gasteiger partial charge in [-0.05, 0) is 57.5 Å². The highest BCUT2D eigenvalue weighted by molar-refractivity contribution is 5.77. The van der Waals surface area contributed by atoms with Gasteiger partial charge in [-0.1, -0.05) is 13.3 Å². The summed E-state index contributed by atoms with van der Waals surface area (Å²) in [4.78, 5) is 32.2. The molecule has 166 valence electrons. The number of rotatable bonds is 3. The van der Waals surface area contributed by atoms with Crippen LogP contribution in [0.3, 0.4) is 0 Å². The average Bonchev–Trinajstić information content (AvgIpc) is 2.74. The van der Waals surface area contributed by atoms with Crippen molar-refractivity contribution in [2.45, 2.75) is 63.8 Å². The Labute approximate surface area is 174 Å². The fourth-order valence-electron chi connectivity index (χ4n) is 5.24. The van der Waals surface area contributed by atoms with Crippen molar-refractivity contribution in [3.05, 3.63) is 0 Å². The van der Waals surface area contributed by atoms with E-state index in [1.165, 1.54) is 19.3 Å². The molecule has 3 saturated heterocycles. The number of carbonyl (C=O) groups excluding carboxylic acids is 2. The van der Waals surface area contributed by atoms with Crippen molar-refractivity contribution < 1.29 is 14.4 Å². The fraction of sp³-hybridized carbons (Fsp3) is 0.905. The number of hydroxylamine groups is 1. The van der Waals surface area contributed by atoms with Crippen LogP contribution in [0.5, 0.6) is 0 Å². The largest absolute Gasteiger partial charge is 0.369 e. The van der Waals surface area contributed by atoms with Crippen molar-refractivity contribution in [3.8, 4) is 0 Å². The molecule has 6 unspecified atom stereocenters. The monoisotopic (exact) mass is 409 g/mol. The molecule has 1 aliphatic carbocycles. The summed E-state index contributed by atoms with van der Waals surface area (Å²) >= 11 is 0. The van der Waals surface area contributed by atoms with Crippen LogP contribution in [-0.2, 0) is 14.4 Å². The van der Waals surface area contributed by atoms with Gasteiger partial charge in [0, 0.05) is 26.2 Å². The predicted octanol–water partition coefficient (Wildman–Crippen LogP) is 0.328. The highest BCUT2D eigenvalue weighted by Gasteiger charge is 2.37. The molecule has 0 aromatic heterocycles. The second-order valence-electron chi connectivity index (χ2n) is 9.24. The molecule has 3 heterocycles. The van der Waals surface area contributed by atoms with E-state index in [4.69, 9.17) is 10.6 Å². The van der Waals surface area contributed by atoms with E-state index >= 15 is 0 Å². The van der Waals surface area contributed by atoms with E-state index in [0.29, 0.717) is 17.9 Å². The lowest BCUT2D eigenvalue weighted by atomic mass is 9.76. The molecule has 4 N–H and O–H groups in total. The molecule has 1 saturated carbocycles. The van der Waals surface area contributed by atoms with E-state index in [-0.39, 0.29) is 24.0 Å². The van der Waals surface area contributed by atoms with E-state index in [1.807, 2.05) is 0 Å². The van der Waals surface area contributed by atoms with Crippen molar-refractivity contribution in [3.63, 3.8) is 0 Å². The number of aldehydes is 1. The highest BCUT2D eigenvalue weighted by atomic mass is 16.7. The van der Waals surface area contributed by atoms with E-state index in [0.717, 1.165) is 58.3 Å². The van der Waals surface area contributed by atoms with Crippen LogP contribution in [0.4, 0.5) is 0 Å². The maximum Gasteiger partial charge on any atom is 0.223 e. The normalized spacial score (nSPS) is 39.0. The van der Waals surface area contributed by atoms with Gasteiger partial charge < -0.3 is 20.7 Å². The SMILES string of the molecule is CC1CCCC2CC(C=O)NOC12.CN1CCN(C2NCCCC2C(N)=O)CC1. The Balaban J connectivity index is 0.000000169. The summed E-state index contributed by atoms with van der Waals surface area (Å²) in [6.45, 7) is 7.43. The average molecular weight is 410 g/mol. The number of likely N-dealkylation sites (N-methyl/N-ethyl adjacent to an activating group) is 1. The molecule has 0 aromatic rings. The first-order chi connectivity index (χ1) is 14.0. The lowest BCUT2D eigenvalue weighted by Gasteiger charge is -2.42. The number of amides is 1. The maximum absolute atomic E-state index is 11.4. The van der Waals surface area contributed by atoms with Gasteiger partial charge in [-0.3, -0.25) is 14.5 Å². The zero-order valence-electron chi connectivity index (χ0n) is 18.0. The second-order valence-corrected chi connectivity index (χ2v) is 9.24. The summed E-state index contributed by atoms with van der Waals surface area (Å²) in [6.07, 6.45) is 8.17.